The van der Waals surface area contributed by atoms with Crippen molar-refractivity contribution < 1.29 is 18.3 Å². The SMILES string of the molecule is CCOC(C(=O)c1cc(F)ccc1F)C(C)(C)C. The van der Waals surface area contributed by atoms with Crippen molar-refractivity contribution in [3.63, 3.8) is 0 Å². The number of carbonyl (C=O) groups excluding carboxylic acids is 1. The molecule has 1 rings (SSSR count). The molecule has 1 aromatic carbocycles. The first-order chi connectivity index (χ1) is 8.27. The average Bonchev–Trinajstić information content (AvgIpc) is 2.27. The van der Waals surface area contributed by atoms with Gasteiger partial charge in [-0.25, -0.2) is 8.78 Å². The van der Waals surface area contributed by atoms with Crippen molar-refractivity contribution in [3.05, 3.63) is 35.4 Å². The fourth-order valence-electron chi connectivity index (χ4n) is 1.71. The van der Waals surface area contributed by atoms with Crippen molar-refractivity contribution in [3.8, 4) is 0 Å². The lowest BCUT2D eigenvalue weighted by atomic mass is 9.84. The summed E-state index contributed by atoms with van der Waals surface area (Å²) >= 11 is 0. The molecular weight excluding hydrogens is 238 g/mol. The van der Waals surface area contributed by atoms with Gasteiger partial charge >= 0.3 is 0 Å². The van der Waals surface area contributed by atoms with Gasteiger partial charge < -0.3 is 4.74 Å². The van der Waals surface area contributed by atoms with E-state index in [0.29, 0.717) is 6.61 Å². The van der Waals surface area contributed by atoms with E-state index in [1.54, 1.807) is 6.92 Å². The van der Waals surface area contributed by atoms with Crippen molar-refractivity contribution in [2.24, 2.45) is 5.41 Å². The van der Waals surface area contributed by atoms with Crippen LogP contribution in [-0.2, 0) is 4.74 Å². The minimum absolute atomic E-state index is 0.261. The zero-order chi connectivity index (χ0) is 13.9. The second-order valence-corrected chi connectivity index (χ2v) is 5.19. The standard InChI is InChI=1S/C14H18F2O2/c1-5-18-13(14(2,3)4)12(17)10-8-9(15)6-7-11(10)16/h6-8,13H,5H2,1-4H3. The summed E-state index contributed by atoms with van der Waals surface area (Å²) in [4.78, 5) is 12.2. The van der Waals surface area contributed by atoms with E-state index in [1.807, 2.05) is 20.8 Å². The summed E-state index contributed by atoms with van der Waals surface area (Å²) in [5.74, 6) is -1.89. The van der Waals surface area contributed by atoms with Crippen LogP contribution in [0.3, 0.4) is 0 Å². The first-order valence-corrected chi connectivity index (χ1v) is 5.88. The maximum absolute atomic E-state index is 13.6. The molecule has 4 heteroatoms. The minimum Gasteiger partial charge on any atom is -0.370 e. The lowest BCUT2D eigenvalue weighted by molar-refractivity contribution is -0.000509. The molecule has 100 valence electrons. The summed E-state index contributed by atoms with van der Waals surface area (Å²) in [6.45, 7) is 7.56. The molecule has 1 atom stereocenters. The van der Waals surface area contributed by atoms with Gasteiger partial charge in [-0.3, -0.25) is 4.79 Å². The molecule has 0 radical (unpaired) electrons. The summed E-state index contributed by atoms with van der Waals surface area (Å²) in [5.41, 5.74) is -0.741. The van der Waals surface area contributed by atoms with Crippen LogP contribution in [0, 0.1) is 17.0 Å². The number of halogens is 2. The van der Waals surface area contributed by atoms with Crippen LogP contribution in [0.1, 0.15) is 38.1 Å². The van der Waals surface area contributed by atoms with Gasteiger partial charge in [0.15, 0.2) is 5.78 Å². The van der Waals surface area contributed by atoms with Crippen LogP contribution in [0.2, 0.25) is 0 Å². The molecule has 0 fully saturated rings. The van der Waals surface area contributed by atoms with Gasteiger partial charge in [-0.15, -0.1) is 0 Å². The number of rotatable bonds is 4. The van der Waals surface area contributed by atoms with Crippen molar-refractivity contribution in [2.45, 2.75) is 33.8 Å². The predicted molar refractivity (Wildman–Crippen MR) is 65.6 cm³/mol. The number of carbonyl (C=O) groups is 1. The Morgan fingerprint density at radius 1 is 1.33 bits per heavy atom. The van der Waals surface area contributed by atoms with E-state index in [9.17, 15) is 13.6 Å². The van der Waals surface area contributed by atoms with Gasteiger partial charge in [-0.05, 0) is 30.5 Å². The van der Waals surface area contributed by atoms with Crippen LogP contribution in [0.15, 0.2) is 18.2 Å². The molecule has 1 aromatic rings. The number of benzene rings is 1. The van der Waals surface area contributed by atoms with Crippen LogP contribution in [0.4, 0.5) is 8.78 Å². The molecule has 0 heterocycles. The Hall–Kier alpha value is -1.29. The van der Waals surface area contributed by atoms with E-state index in [-0.39, 0.29) is 5.56 Å². The fraction of sp³-hybridized carbons (Fsp3) is 0.500. The molecule has 0 aliphatic rings. The van der Waals surface area contributed by atoms with Gasteiger partial charge in [-0.1, -0.05) is 20.8 Å². The Morgan fingerprint density at radius 3 is 2.44 bits per heavy atom. The summed E-state index contributed by atoms with van der Waals surface area (Å²) in [5, 5.41) is 0. The van der Waals surface area contributed by atoms with Crippen molar-refractivity contribution >= 4 is 5.78 Å². The Bertz CT molecular complexity index is 436. The summed E-state index contributed by atoms with van der Waals surface area (Å²) < 4.78 is 32.0. The maximum atomic E-state index is 13.6. The summed E-state index contributed by atoms with van der Waals surface area (Å²) in [6.07, 6.45) is -0.793. The number of hydrogen-bond acceptors (Lipinski definition) is 2. The molecule has 0 spiro atoms. The van der Waals surface area contributed by atoms with E-state index in [1.165, 1.54) is 0 Å². The zero-order valence-corrected chi connectivity index (χ0v) is 11.1. The Kier molecular flexibility index (Phi) is 4.57. The van der Waals surface area contributed by atoms with Gasteiger partial charge in [0.25, 0.3) is 0 Å². The number of hydrogen-bond donors (Lipinski definition) is 0. The predicted octanol–water partition coefficient (Wildman–Crippen LogP) is 3.60. The Balaban J connectivity index is 3.13. The second kappa shape index (κ2) is 5.57. The quantitative estimate of drug-likeness (QED) is 0.769. The van der Waals surface area contributed by atoms with Crippen LogP contribution in [0.5, 0.6) is 0 Å². The molecule has 1 unspecified atom stereocenters. The molecule has 0 N–H and O–H groups in total. The molecule has 18 heavy (non-hydrogen) atoms. The average molecular weight is 256 g/mol. The third kappa shape index (κ3) is 3.35. The van der Waals surface area contributed by atoms with E-state index >= 15 is 0 Å². The van der Waals surface area contributed by atoms with E-state index < -0.39 is 28.9 Å². The monoisotopic (exact) mass is 256 g/mol. The van der Waals surface area contributed by atoms with Crippen molar-refractivity contribution in [1.82, 2.24) is 0 Å². The van der Waals surface area contributed by atoms with Gasteiger partial charge in [0, 0.05) is 6.61 Å². The zero-order valence-electron chi connectivity index (χ0n) is 11.1. The lowest BCUT2D eigenvalue weighted by Gasteiger charge is -2.29. The molecule has 0 saturated heterocycles. The number of ketones is 1. The molecule has 0 aliphatic heterocycles. The van der Waals surface area contributed by atoms with Crippen LogP contribution in [-0.4, -0.2) is 18.5 Å². The highest BCUT2D eigenvalue weighted by Gasteiger charge is 2.33. The van der Waals surface area contributed by atoms with E-state index in [2.05, 4.69) is 0 Å². The second-order valence-electron chi connectivity index (χ2n) is 5.19. The van der Waals surface area contributed by atoms with Crippen molar-refractivity contribution in [2.75, 3.05) is 6.61 Å². The first kappa shape index (κ1) is 14.8. The lowest BCUT2D eigenvalue weighted by Crippen LogP contribution is -2.37. The van der Waals surface area contributed by atoms with Crippen molar-refractivity contribution in [1.29, 1.82) is 0 Å². The van der Waals surface area contributed by atoms with Crippen LogP contribution < -0.4 is 0 Å². The highest BCUT2D eigenvalue weighted by atomic mass is 19.1. The maximum Gasteiger partial charge on any atom is 0.195 e. The Morgan fingerprint density at radius 2 is 1.94 bits per heavy atom. The molecule has 0 saturated carbocycles. The fourth-order valence-corrected chi connectivity index (χ4v) is 1.71. The molecule has 0 aromatic heterocycles. The molecule has 0 bridgehead atoms. The first-order valence-electron chi connectivity index (χ1n) is 5.88. The van der Waals surface area contributed by atoms with E-state index in [4.69, 9.17) is 4.74 Å². The third-order valence-electron chi connectivity index (χ3n) is 2.55. The van der Waals surface area contributed by atoms with Crippen LogP contribution in [0.25, 0.3) is 0 Å². The highest BCUT2D eigenvalue weighted by molar-refractivity contribution is 6.00. The van der Waals surface area contributed by atoms with Gasteiger partial charge in [0.2, 0.25) is 0 Å². The van der Waals surface area contributed by atoms with Gasteiger partial charge in [0.05, 0.1) is 5.56 Å². The molecule has 0 amide bonds. The molecular formula is C14H18F2O2. The van der Waals surface area contributed by atoms with Gasteiger partial charge in [-0.2, -0.15) is 0 Å². The normalized spacial score (nSPS) is 13.4. The molecule has 0 aliphatic carbocycles. The smallest absolute Gasteiger partial charge is 0.195 e. The summed E-state index contributed by atoms with van der Waals surface area (Å²) in [7, 11) is 0. The highest BCUT2D eigenvalue weighted by Crippen LogP contribution is 2.26. The van der Waals surface area contributed by atoms with Crippen LogP contribution >= 0.6 is 0 Å². The Labute approximate surface area is 106 Å². The summed E-state index contributed by atoms with van der Waals surface area (Å²) in [6, 6.07) is 2.85. The number of ether oxygens (including phenoxy) is 1. The third-order valence-corrected chi connectivity index (χ3v) is 2.55. The van der Waals surface area contributed by atoms with Gasteiger partial charge in [0.1, 0.15) is 17.7 Å². The number of Topliss-reactive ketones (excluding diaryl/α,β-unsaturated/α-hetero) is 1. The topological polar surface area (TPSA) is 26.3 Å². The largest absolute Gasteiger partial charge is 0.370 e. The minimum atomic E-state index is -0.793. The van der Waals surface area contributed by atoms with E-state index in [0.717, 1.165) is 18.2 Å². The molecule has 2 nitrogen and oxygen atoms in total.